The van der Waals surface area contributed by atoms with Crippen molar-refractivity contribution in [2.45, 2.75) is 26.7 Å². The first-order valence-electron chi connectivity index (χ1n) is 9.58. The predicted molar refractivity (Wildman–Crippen MR) is 112 cm³/mol. The lowest BCUT2D eigenvalue weighted by atomic mass is 10.1. The van der Waals surface area contributed by atoms with Crippen molar-refractivity contribution in [1.29, 1.82) is 0 Å². The van der Waals surface area contributed by atoms with Crippen molar-refractivity contribution < 1.29 is 9.15 Å². The Bertz CT molecular complexity index is 1120. The van der Waals surface area contributed by atoms with Gasteiger partial charge in [-0.1, -0.05) is 36.4 Å². The minimum Gasteiger partial charge on any atom is -0.496 e. The number of ether oxygens (including phenoxy) is 1. The van der Waals surface area contributed by atoms with Crippen LogP contribution in [0.3, 0.4) is 0 Å². The molecule has 0 radical (unpaired) electrons. The van der Waals surface area contributed by atoms with Crippen LogP contribution in [0.1, 0.15) is 34.2 Å². The van der Waals surface area contributed by atoms with E-state index < -0.39 is 0 Å². The van der Waals surface area contributed by atoms with E-state index >= 15 is 0 Å². The van der Waals surface area contributed by atoms with Crippen molar-refractivity contribution in [2.75, 3.05) is 7.11 Å². The standard InChI is InChI=1S/C24H23N3O2/c1-16-11-20(12-18-7-5-4-6-8-18)27-24(26-16)14-19-9-10-21(22(13-19)28-3)23-15-25-17(2)29-23/h4-11,13,15H,12,14H2,1-3H3. The fourth-order valence-corrected chi connectivity index (χ4v) is 3.39. The molecular weight excluding hydrogens is 362 g/mol. The molecule has 0 bridgehead atoms. The average molecular weight is 385 g/mol. The summed E-state index contributed by atoms with van der Waals surface area (Å²) in [6, 6.07) is 18.5. The van der Waals surface area contributed by atoms with E-state index in [1.165, 1.54) is 5.56 Å². The topological polar surface area (TPSA) is 61.0 Å². The van der Waals surface area contributed by atoms with Gasteiger partial charge < -0.3 is 9.15 Å². The van der Waals surface area contributed by atoms with Gasteiger partial charge in [-0.15, -0.1) is 0 Å². The highest BCUT2D eigenvalue weighted by Crippen LogP contribution is 2.31. The Morgan fingerprint density at radius 2 is 1.72 bits per heavy atom. The molecule has 146 valence electrons. The molecule has 2 aromatic heterocycles. The molecule has 0 aliphatic heterocycles. The lowest BCUT2D eigenvalue weighted by molar-refractivity contribution is 0.413. The molecule has 2 aromatic carbocycles. The summed E-state index contributed by atoms with van der Waals surface area (Å²) in [5.41, 5.74) is 5.20. The van der Waals surface area contributed by atoms with Crippen molar-refractivity contribution in [1.82, 2.24) is 15.0 Å². The summed E-state index contributed by atoms with van der Waals surface area (Å²) in [6.45, 7) is 3.84. The number of aryl methyl sites for hydroxylation is 2. The molecule has 0 aliphatic carbocycles. The van der Waals surface area contributed by atoms with Crippen molar-refractivity contribution in [2.24, 2.45) is 0 Å². The van der Waals surface area contributed by atoms with Gasteiger partial charge in [0.25, 0.3) is 0 Å². The van der Waals surface area contributed by atoms with Gasteiger partial charge in [-0.2, -0.15) is 0 Å². The predicted octanol–water partition coefficient (Wildman–Crippen LogP) is 4.94. The smallest absolute Gasteiger partial charge is 0.191 e. The first-order chi connectivity index (χ1) is 14.1. The van der Waals surface area contributed by atoms with E-state index in [2.05, 4.69) is 28.2 Å². The maximum atomic E-state index is 5.64. The molecule has 5 nitrogen and oxygen atoms in total. The Labute approximate surface area is 170 Å². The lowest BCUT2D eigenvalue weighted by Gasteiger charge is -2.10. The van der Waals surface area contributed by atoms with Crippen LogP contribution in [0.15, 0.2) is 65.2 Å². The SMILES string of the molecule is COc1cc(Cc2nc(C)cc(Cc3ccccc3)n2)ccc1-c1cnc(C)o1. The van der Waals surface area contributed by atoms with E-state index in [1.54, 1.807) is 13.3 Å². The third-order valence-electron chi connectivity index (χ3n) is 4.70. The molecule has 4 aromatic rings. The average Bonchev–Trinajstić information content (AvgIpc) is 3.14. The zero-order valence-corrected chi connectivity index (χ0v) is 16.8. The number of aromatic nitrogens is 3. The van der Waals surface area contributed by atoms with Crippen LogP contribution in [-0.4, -0.2) is 22.1 Å². The molecular formula is C24H23N3O2. The first-order valence-corrected chi connectivity index (χ1v) is 9.58. The van der Waals surface area contributed by atoms with Gasteiger partial charge in [0.1, 0.15) is 11.6 Å². The quantitative estimate of drug-likeness (QED) is 0.470. The molecule has 0 saturated carbocycles. The summed E-state index contributed by atoms with van der Waals surface area (Å²) >= 11 is 0. The maximum absolute atomic E-state index is 5.64. The van der Waals surface area contributed by atoms with Crippen LogP contribution < -0.4 is 4.74 Å². The molecule has 0 fully saturated rings. The van der Waals surface area contributed by atoms with Crippen molar-refractivity contribution >= 4 is 0 Å². The Hall–Kier alpha value is -3.47. The van der Waals surface area contributed by atoms with E-state index in [1.807, 2.05) is 50.2 Å². The summed E-state index contributed by atoms with van der Waals surface area (Å²) in [4.78, 5) is 13.6. The van der Waals surface area contributed by atoms with Crippen LogP contribution in [0.4, 0.5) is 0 Å². The highest BCUT2D eigenvalue weighted by atomic mass is 16.5. The second-order valence-electron chi connectivity index (χ2n) is 7.03. The zero-order chi connectivity index (χ0) is 20.2. The van der Waals surface area contributed by atoms with Crippen molar-refractivity contribution in [3.8, 4) is 17.1 Å². The van der Waals surface area contributed by atoms with Crippen LogP contribution in [0.2, 0.25) is 0 Å². The van der Waals surface area contributed by atoms with Gasteiger partial charge in [-0.25, -0.2) is 15.0 Å². The Kier molecular flexibility index (Phi) is 5.38. The van der Waals surface area contributed by atoms with Gasteiger partial charge in [-0.3, -0.25) is 0 Å². The molecule has 5 heteroatoms. The van der Waals surface area contributed by atoms with Crippen LogP contribution in [-0.2, 0) is 12.8 Å². The minimum absolute atomic E-state index is 0.630. The Balaban J connectivity index is 1.59. The minimum atomic E-state index is 0.630. The summed E-state index contributed by atoms with van der Waals surface area (Å²) in [5, 5.41) is 0. The van der Waals surface area contributed by atoms with Crippen molar-refractivity contribution in [3.05, 3.63) is 95.0 Å². The molecule has 0 N–H and O–H groups in total. The monoisotopic (exact) mass is 385 g/mol. The molecule has 0 atom stereocenters. The molecule has 0 saturated heterocycles. The third-order valence-corrected chi connectivity index (χ3v) is 4.70. The molecule has 29 heavy (non-hydrogen) atoms. The number of rotatable bonds is 6. The van der Waals surface area contributed by atoms with E-state index in [9.17, 15) is 0 Å². The number of nitrogens with zero attached hydrogens (tertiary/aromatic N) is 3. The van der Waals surface area contributed by atoms with E-state index in [4.69, 9.17) is 14.1 Å². The van der Waals surface area contributed by atoms with Crippen LogP contribution >= 0.6 is 0 Å². The van der Waals surface area contributed by atoms with Crippen LogP contribution in [0.5, 0.6) is 5.75 Å². The number of oxazole rings is 1. The Morgan fingerprint density at radius 3 is 2.45 bits per heavy atom. The molecule has 0 aliphatic rings. The second kappa shape index (κ2) is 8.27. The van der Waals surface area contributed by atoms with Crippen molar-refractivity contribution in [3.63, 3.8) is 0 Å². The van der Waals surface area contributed by atoms with Gasteiger partial charge in [0.15, 0.2) is 11.7 Å². The molecule has 0 amide bonds. The fraction of sp³-hybridized carbons (Fsp3) is 0.208. The van der Waals surface area contributed by atoms with Gasteiger partial charge >= 0.3 is 0 Å². The van der Waals surface area contributed by atoms with Crippen LogP contribution in [0, 0.1) is 13.8 Å². The number of hydrogen-bond acceptors (Lipinski definition) is 5. The van der Waals surface area contributed by atoms with E-state index in [-0.39, 0.29) is 0 Å². The van der Waals surface area contributed by atoms with Crippen LogP contribution in [0.25, 0.3) is 11.3 Å². The summed E-state index contributed by atoms with van der Waals surface area (Å²) in [7, 11) is 1.66. The highest BCUT2D eigenvalue weighted by Gasteiger charge is 2.12. The van der Waals surface area contributed by atoms with E-state index in [0.29, 0.717) is 18.1 Å². The second-order valence-corrected chi connectivity index (χ2v) is 7.03. The zero-order valence-electron chi connectivity index (χ0n) is 16.8. The lowest BCUT2D eigenvalue weighted by Crippen LogP contribution is -2.03. The number of hydrogen-bond donors (Lipinski definition) is 0. The summed E-state index contributed by atoms with van der Waals surface area (Å²) in [6.07, 6.45) is 3.15. The first kappa shape index (κ1) is 18.9. The number of benzene rings is 2. The van der Waals surface area contributed by atoms with Gasteiger partial charge in [0.05, 0.1) is 18.9 Å². The summed E-state index contributed by atoms with van der Waals surface area (Å²) < 4.78 is 11.2. The maximum Gasteiger partial charge on any atom is 0.191 e. The fourth-order valence-electron chi connectivity index (χ4n) is 3.39. The molecule has 2 heterocycles. The highest BCUT2D eigenvalue weighted by molar-refractivity contribution is 5.66. The Morgan fingerprint density at radius 1 is 0.897 bits per heavy atom. The summed E-state index contributed by atoms with van der Waals surface area (Å²) in [5.74, 6) is 2.88. The molecule has 0 unspecified atom stereocenters. The van der Waals surface area contributed by atoms with Gasteiger partial charge in [0.2, 0.25) is 0 Å². The third kappa shape index (κ3) is 4.51. The van der Waals surface area contributed by atoms with Gasteiger partial charge in [0, 0.05) is 31.2 Å². The van der Waals surface area contributed by atoms with E-state index in [0.717, 1.165) is 40.5 Å². The largest absolute Gasteiger partial charge is 0.496 e. The normalized spacial score (nSPS) is 10.9. The molecule has 4 rings (SSSR count). The van der Waals surface area contributed by atoms with Gasteiger partial charge in [-0.05, 0) is 36.2 Å². The molecule has 0 spiro atoms. The number of methoxy groups -OCH3 is 1.